The Morgan fingerprint density at radius 2 is 1.67 bits per heavy atom. The van der Waals surface area contributed by atoms with Gasteiger partial charge in [-0.3, -0.25) is 0 Å². The molecule has 0 heterocycles. The summed E-state index contributed by atoms with van der Waals surface area (Å²) in [7, 11) is -1.38. The Kier molecular flexibility index (Phi) is 4.99. The third kappa shape index (κ3) is 5.25. The van der Waals surface area contributed by atoms with Crippen molar-refractivity contribution in [2.24, 2.45) is 5.92 Å². The fraction of sp³-hybridized carbons (Fsp3) is 1.00. The molecule has 0 fully saturated rings. The van der Waals surface area contributed by atoms with Crippen molar-refractivity contribution in [3.8, 4) is 0 Å². The van der Waals surface area contributed by atoms with E-state index in [1.165, 1.54) is 6.42 Å². The van der Waals surface area contributed by atoms with Gasteiger partial charge in [0.1, 0.15) is 0 Å². The highest BCUT2D eigenvalue weighted by molar-refractivity contribution is 7.34. The van der Waals surface area contributed by atoms with Gasteiger partial charge >= 0.3 is 0 Å². The maximum Gasteiger partial charge on any atom is 0.239 e. The minimum absolute atomic E-state index is 0.563. The smallest absolute Gasteiger partial charge is 0.150 e. The summed E-state index contributed by atoms with van der Waals surface area (Å²) in [6.07, 6.45) is 1.17. The molecule has 0 aromatic heterocycles. The standard InChI is InChI=1S/C6H14Cl2Si/c1-5(2)4-6(3)9(7)8/h5-6,9H,4H2,1-3H3. The van der Waals surface area contributed by atoms with Gasteiger partial charge in [0, 0.05) is 0 Å². The average Bonchev–Trinajstić information content (AvgIpc) is 1.63. The molecule has 3 heteroatoms. The van der Waals surface area contributed by atoms with Crippen LogP contribution in [0.1, 0.15) is 27.2 Å². The molecule has 9 heavy (non-hydrogen) atoms. The predicted molar refractivity (Wildman–Crippen MR) is 47.7 cm³/mol. The van der Waals surface area contributed by atoms with Crippen LogP contribution in [0.15, 0.2) is 0 Å². The van der Waals surface area contributed by atoms with Crippen LogP contribution in [0, 0.1) is 5.92 Å². The number of hydrogen-bond donors (Lipinski definition) is 0. The fourth-order valence-electron chi connectivity index (χ4n) is 0.846. The van der Waals surface area contributed by atoms with Crippen molar-refractivity contribution in [3.05, 3.63) is 0 Å². The third-order valence-electron chi connectivity index (χ3n) is 1.27. The molecule has 0 aromatic carbocycles. The second-order valence-corrected chi connectivity index (χ2v) is 8.24. The maximum atomic E-state index is 5.78. The Morgan fingerprint density at radius 1 is 1.22 bits per heavy atom. The molecule has 0 aliphatic carbocycles. The largest absolute Gasteiger partial charge is 0.239 e. The second kappa shape index (κ2) is 4.59. The van der Waals surface area contributed by atoms with Gasteiger partial charge in [0.05, 0.1) is 0 Å². The predicted octanol–water partition coefficient (Wildman–Crippen LogP) is 3.12. The quantitative estimate of drug-likeness (QED) is 0.468. The minimum Gasteiger partial charge on any atom is -0.150 e. The van der Waals surface area contributed by atoms with Crippen molar-refractivity contribution in [3.63, 3.8) is 0 Å². The summed E-state index contributed by atoms with van der Waals surface area (Å²) in [5.41, 5.74) is 0.563. The van der Waals surface area contributed by atoms with E-state index in [0.29, 0.717) is 5.54 Å². The van der Waals surface area contributed by atoms with Crippen molar-refractivity contribution in [2.45, 2.75) is 32.7 Å². The van der Waals surface area contributed by atoms with E-state index in [9.17, 15) is 0 Å². The fourth-order valence-corrected chi connectivity index (χ4v) is 2.21. The zero-order valence-electron chi connectivity index (χ0n) is 6.20. The molecule has 0 N–H and O–H groups in total. The summed E-state index contributed by atoms with van der Waals surface area (Å²) in [6, 6.07) is 0. The summed E-state index contributed by atoms with van der Waals surface area (Å²) in [5, 5.41) is 0. The van der Waals surface area contributed by atoms with Crippen molar-refractivity contribution in [2.75, 3.05) is 0 Å². The Labute approximate surface area is 68.6 Å². The van der Waals surface area contributed by atoms with Gasteiger partial charge in [-0.15, -0.1) is 0 Å². The Hall–Kier alpha value is 0.797. The highest BCUT2D eigenvalue weighted by Crippen LogP contribution is 2.23. The molecule has 0 bridgehead atoms. The summed E-state index contributed by atoms with van der Waals surface area (Å²) in [5.74, 6) is 0.729. The first-order valence-electron chi connectivity index (χ1n) is 3.32. The van der Waals surface area contributed by atoms with E-state index in [2.05, 4.69) is 20.8 Å². The van der Waals surface area contributed by atoms with E-state index in [1.54, 1.807) is 0 Å². The molecule has 0 rings (SSSR count). The van der Waals surface area contributed by atoms with Gasteiger partial charge in [-0.05, 0) is 17.9 Å². The number of hydrogen-bond acceptors (Lipinski definition) is 0. The van der Waals surface area contributed by atoms with Crippen LogP contribution < -0.4 is 0 Å². The van der Waals surface area contributed by atoms with Crippen LogP contribution in [0.25, 0.3) is 0 Å². The maximum absolute atomic E-state index is 5.78. The first kappa shape index (κ1) is 9.80. The number of rotatable bonds is 3. The van der Waals surface area contributed by atoms with E-state index in [-0.39, 0.29) is 0 Å². The van der Waals surface area contributed by atoms with Gasteiger partial charge in [-0.25, -0.2) is 0 Å². The molecule has 1 unspecified atom stereocenters. The minimum atomic E-state index is -1.38. The van der Waals surface area contributed by atoms with Crippen LogP contribution in [0.3, 0.4) is 0 Å². The SMILES string of the molecule is CC(C)CC(C)[SiH](Cl)Cl. The monoisotopic (exact) mass is 184 g/mol. The molecular weight excluding hydrogens is 171 g/mol. The topological polar surface area (TPSA) is 0 Å². The molecule has 0 saturated heterocycles. The lowest BCUT2D eigenvalue weighted by Crippen LogP contribution is -2.05. The van der Waals surface area contributed by atoms with Gasteiger partial charge in [0.2, 0.25) is 7.42 Å². The van der Waals surface area contributed by atoms with Crippen LogP contribution in [0.4, 0.5) is 0 Å². The van der Waals surface area contributed by atoms with Gasteiger partial charge in [0.25, 0.3) is 0 Å². The molecule has 0 radical (unpaired) electrons. The lowest BCUT2D eigenvalue weighted by molar-refractivity contribution is 0.574. The first-order valence-corrected chi connectivity index (χ1v) is 7.48. The van der Waals surface area contributed by atoms with Gasteiger partial charge < -0.3 is 0 Å². The van der Waals surface area contributed by atoms with Crippen LogP contribution in [0.5, 0.6) is 0 Å². The summed E-state index contributed by atoms with van der Waals surface area (Å²) >= 11 is 11.6. The van der Waals surface area contributed by atoms with Crippen molar-refractivity contribution < 1.29 is 0 Å². The van der Waals surface area contributed by atoms with Crippen LogP contribution in [-0.2, 0) is 0 Å². The molecule has 0 aliphatic heterocycles. The number of halogens is 2. The van der Waals surface area contributed by atoms with Crippen LogP contribution >= 0.6 is 22.2 Å². The van der Waals surface area contributed by atoms with Crippen LogP contribution in [0.2, 0.25) is 5.54 Å². The van der Waals surface area contributed by atoms with E-state index in [1.807, 2.05) is 0 Å². The van der Waals surface area contributed by atoms with E-state index >= 15 is 0 Å². The van der Waals surface area contributed by atoms with E-state index in [4.69, 9.17) is 22.2 Å². The molecular formula is C6H14Cl2Si. The van der Waals surface area contributed by atoms with Gasteiger partial charge in [-0.2, -0.15) is 22.2 Å². The highest BCUT2D eigenvalue weighted by atomic mass is 35.7. The lowest BCUT2D eigenvalue weighted by atomic mass is 10.1. The Bertz CT molecular complexity index is 73.5. The molecule has 0 amide bonds. The van der Waals surface area contributed by atoms with Gasteiger partial charge in [-0.1, -0.05) is 20.8 Å². The zero-order chi connectivity index (χ0) is 7.44. The van der Waals surface area contributed by atoms with Crippen molar-refractivity contribution in [1.29, 1.82) is 0 Å². The average molecular weight is 185 g/mol. The molecule has 0 spiro atoms. The Morgan fingerprint density at radius 3 is 1.78 bits per heavy atom. The summed E-state index contributed by atoms with van der Waals surface area (Å²) in [4.78, 5) is 0. The summed E-state index contributed by atoms with van der Waals surface area (Å²) in [6.45, 7) is 6.53. The normalized spacial score (nSPS) is 15.0. The highest BCUT2D eigenvalue weighted by Gasteiger charge is 2.14. The molecule has 0 nitrogen and oxygen atoms in total. The first-order chi connectivity index (χ1) is 4.04. The molecule has 0 aliphatic rings. The summed E-state index contributed by atoms with van der Waals surface area (Å²) < 4.78 is 0. The van der Waals surface area contributed by atoms with Crippen molar-refractivity contribution >= 4 is 29.6 Å². The van der Waals surface area contributed by atoms with E-state index in [0.717, 1.165) is 5.92 Å². The van der Waals surface area contributed by atoms with Crippen LogP contribution in [-0.4, -0.2) is 7.42 Å². The molecule has 0 saturated carbocycles. The molecule has 1 atom stereocenters. The molecule has 0 aromatic rings. The van der Waals surface area contributed by atoms with Gasteiger partial charge in [0.15, 0.2) is 0 Å². The zero-order valence-corrected chi connectivity index (χ0v) is 8.86. The van der Waals surface area contributed by atoms with E-state index < -0.39 is 7.42 Å². The lowest BCUT2D eigenvalue weighted by Gasteiger charge is -2.12. The second-order valence-electron chi connectivity index (χ2n) is 2.94. The molecule has 56 valence electrons. The van der Waals surface area contributed by atoms with Crippen molar-refractivity contribution in [1.82, 2.24) is 0 Å². The third-order valence-corrected chi connectivity index (χ3v) is 4.99. The Balaban J connectivity index is 3.38.